The molecule has 5 fully saturated rings. The first-order valence-electron chi connectivity index (χ1n) is 13.1. The molecule has 6 aliphatic rings. The van der Waals surface area contributed by atoms with E-state index in [1.54, 1.807) is 35.7 Å². The predicted molar refractivity (Wildman–Crippen MR) is 129 cm³/mol. The monoisotopic (exact) mass is 478 g/mol. The molecular formula is C28H34N2O5. The third-order valence-corrected chi connectivity index (χ3v) is 10.1. The van der Waals surface area contributed by atoms with Gasteiger partial charge in [0.15, 0.2) is 5.76 Å². The summed E-state index contributed by atoms with van der Waals surface area (Å²) in [7, 11) is 1.83. The fourth-order valence-corrected chi connectivity index (χ4v) is 8.28. The summed E-state index contributed by atoms with van der Waals surface area (Å²) in [5.41, 5.74) is -0.542. The smallest absolute Gasteiger partial charge is 0.246 e. The van der Waals surface area contributed by atoms with Crippen LogP contribution in [0.2, 0.25) is 0 Å². The number of hydrogen-bond donors (Lipinski definition) is 2. The van der Waals surface area contributed by atoms with Crippen LogP contribution in [0.1, 0.15) is 44.1 Å². The number of furan rings is 1. The van der Waals surface area contributed by atoms with E-state index in [0.717, 1.165) is 50.3 Å². The van der Waals surface area contributed by atoms with Crippen LogP contribution < -0.4 is 0 Å². The van der Waals surface area contributed by atoms with Crippen LogP contribution in [0.5, 0.6) is 0 Å². The molecular weight excluding hydrogens is 444 g/mol. The highest BCUT2D eigenvalue weighted by Crippen LogP contribution is 2.70. The fourth-order valence-electron chi connectivity index (χ4n) is 8.28. The number of aliphatic hydroxyl groups excluding tert-OH is 1. The van der Waals surface area contributed by atoms with Crippen molar-refractivity contribution in [3.05, 3.63) is 53.9 Å². The van der Waals surface area contributed by atoms with E-state index in [0.29, 0.717) is 5.76 Å². The Balaban J connectivity index is 1.24. The first kappa shape index (κ1) is 21.7. The number of nitrogens with zero attached hydrogens (tertiary/aromatic N) is 2. The van der Waals surface area contributed by atoms with Crippen LogP contribution in [0.4, 0.5) is 0 Å². The van der Waals surface area contributed by atoms with Crippen molar-refractivity contribution in [1.82, 2.24) is 9.80 Å². The van der Waals surface area contributed by atoms with Gasteiger partial charge in [-0.25, -0.2) is 0 Å². The second kappa shape index (κ2) is 7.50. The van der Waals surface area contributed by atoms with Gasteiger partial charge in [-0.3, -0.25) is 9.69 Å². The van der Waals surface area contributed by atoms with Crippen LogP contribution in [0, 0.1) is 23.2 Å². The summed E-state index contributed by atoms with van der Waals surface area (Å²) in [5, 5.41) is 23.4. The highest BCUT2D eigenvalue weighted by atomic mass is 16.5. The molecule has 0 radical (unpaired) electrons. The third-order valence-electron chi connectivity index (χ3n) is 10.1. The molecule has 2 unspecified atom stereocenters. The Morgan fingerprint density at radius 3 is 2.94 bits per heavy atom. The van der Waals surface area contributed by atoms with Gasteiger partial charge in [0.1, 0.15) is 11.9 Å². The number of fused-ring (bicyclic) bond motifs is 1. The zero-order valence-corrected chi connectivity index (χ0v) is 20.2. The lowest BCUT2D eigenvalue weighted by Gasteiger charge is -2.56. The zero-order chi connectivity index (χ0) is 23.9. The van der Waals surface area contributed by atoms with Crippen molar-refractivity contribution < 1.29 is 24.2 Å². The molecule has 2 saturated heterocycles. The first-order chi connectivity index (χ1) is 16.9. The minimum absolute atomic E-state index is 0.0328. The van der Waals surface area contributed by atoms with Gasteiger partial charge in [0.05, 0.1) is 29.6 Å². The maximum atomic E-state index is 13.2. The lowest BCUT2D eigenvalue weighted by molar-refractivity contribution is -0.172. The van der Waals surface area contributed by atoms with Crippen LogP contribution in [0.3, 0.4) is 0 Å². The molecule has 1 aromatic rings. The van der Waals surface area contributed by atoms with Gasteiger partial charge < -0.3 is 24.3 Å². The number of allylic oxidation sites excluding steroid dienone is 3. The summed E-state index contributed by atoms with van der Waals surface area (Å²) in [6.07, 6.45) is 15.9. The highest BCUT2D eigenvalue weighted by Gasteiger charge is 2.77. The van der Waals surface area contributed by atoms with Gasteiger partial charge in [0, 0.05) is 43.7 Å². The van der Waals surface area contributed by atoms with Crippen molar-refractivity contribution in [2.45, 2.75) is 62.3 Å². The maximum Gasteiger partial charge on any atom is 0.246 e. The van der Waals surface area contributed by atoms with Gasteiger partial charge in [0.2, 0.25) is 5.91 Å². The minimum Gasteiger partial charge on any atom is -0.504 e. The lowest BCUT2D eigenvalue weighted by atomic mass is 9.50. The van der Waals surface area contributed by atoms with Crippen molar-refractivity contribution >= 4 is 12.0 Å². The number of carbonyl (C=O) groups excluding carboxylic acids is 1. The molecule has 2 aliphatic heterocycles. The second-order valence-electron chi connectivity index (χ2n) is 11.6. The van der Waals surface area contributed by atoms with Crippen LogP contribution in [-0.2, 0) is 9.53 Å². The first-order valence-corrected chi connectivity index (χ1v) is 13.1. The normalized spacial score (nSPS) is 41.7. The Morgan fingerprint density at radius 1 is 1.31 bits per heavy atom. The average molecular weight is 479 g/mol. The van der Waals surface area contributed by atoms with Crippen LogP contribution in [0.25, 0.3) is 6.08 Å². The molecule has 35 heavy (non-hydrogen) atoms. The van der Waals surface area contributed by atoms with Crippen LogP contribution >= 0.6 is 0 Å². The molecule has 3 saturated carbocycles. The molecule has 0 bridgehead atoms. The third kappa shape index (κ3) is 2.94. The number of aliphatic hydroxyl groups is 2. The van der Waals surface area contributed by atoms with Crippen molar-refractivity contribution in [3.63, 3.8) is 0 Å². The molecule has 4 aliphatic carbocycles. The molecule has 3 heterocycles. The van der Waals surface area contributed by atoms with E-state index in [1.807, 2.05) is 13.1 Å². The summed E-state index contributed by atoms with van der Waals surface area (Å²) < 4.78 is 11.7. The molecule has 1 amide bonds. The number of likely N-dealkylation sites (N-methyl/N-ethyl adjacent to an activating group) is 1. The van der Waals surface area contributed by atoms with Crippen molar-refractivity contribution in [2.24, 2.45) is 23.2 Å². The Hall–Kier alpha value is -2.51. The lowest BCUT2D eigenvalue weighted by Crippen LogP contribution is -2.66. The van der Waals surface area contributed by atoms with Gasteiger partial charge in [-0.2, -0.15) is 0 Å². The molecule has 1 spiro atoms. The average Bonchev–Trinajstić information content (AvgIpc) is 3.19. The van der Waals surface area contributed by atoms with Crippen molar-refractivity contribution in [3.8, 4) is 0 Å². The SMILES string of the molecule is CN(C(=O)/C=C/c1ccoc1)[C@@H]1CC[C@@]23C4C(=C(O)C=CC4C[C@H]4N(CC5CC5)CC[C@@]42O)O[C@@H]13. The summed E-state index contributed by atoms with van der Waals surface area (Å²) >= 11 is 0. The van der Waals surface area contributed by atoms with E-state index in [1.165, 1.54) is 12.8 Å². The minimum atomic E-state index is -0.883. The highest BCUT2D eigenvalue weighted by molar-refractivity contribution is 5.91. The predicted octanol–water partition coefficient (Wildman–Crippen LogP) is 3.49. The van der Waals surface area contributed by atoms with E-state index in [4.69, 9.17) is 9.15 Å². The van der Waals surface area contributed by atoms with Gasteiger partial charge in [0.25, 0.3) is 0 Å². The maximum absolute atomic E-state index is 13.2. The summed E-state index contributed by atoms with van der Waals surface area (Å²) in [6, 6.07) is 1.75. The van der Waals surface area contributed by atoms with E-state index >= 15 is 0 Å². The van der Waals surface area contributed by atoms with Crippen LogP contribution in [0.15, 0.2) is 52.8 Å². The Bertz CT molecular complexity index is 1120. The molecule has 2 N–H and O–H groups in total. The quantitative estimate of drug-likeness (QED) is 0.630. The van der Waals surface area contributed by atoms with Crippen molar-refractivity contribution in [2.75, 3.05) is 20.1 Å². The van der Waals surface area contributed by atoms with Crippen molar-refractivity contribution in [1.29, 1.82) is 0 Å². The fraction of sp³-hybridized carbons (Fsp3) is 0.607. The molecule has 7 rings (SSSR count). The van der Waals surface area contributed by atoms with Crippen LogP contribution in [-0.4, -0.2) is 69.8 Å². The summed E-state index contributed by atoms with van der Waals surface area (Å²) in [6.45, 7) is 1.98. The molecule has 7 nitrogen and oxygen atoms in total. The van der Waals surface area contributed by atoms with E-state index in [-0.39, 0.29) is 41.7 Å². The van der Waals surface area contributed by atoms with E-state index in [9.17, 15) is 15.0 Å². The molecule has 7 atom stereocenters. The Labute approximate surface area is 205 Å². The largest absolute Gasteiger partial charge is 0.504 e. The number of likely N-dealkylation sites (tertiary alicyclic amines) is 1. The van der Waals surface area contributed by atoms with E-state index < -0.39 is 11.0 Å². The zero-order valence-electron chi connectivity index (χ0n) is 20.2. The van der Waals surface area contributed by atoms with Gasteiger partial charge in [-0.05, 0) is 68.6 Å². The van der Waals surface area contributed by atoms with Gasteiger partial charge in [-0.1, -0.05) is 6.08 Å². The number of amides is 1. The number of hydrogen-bond acceptors (Lipinski definition) is 6. The molecule has 7 heteroatoms. The summed E-state index contributed by atoms with van der Waals surface area (Å²) in [4.78, 5) is 17.5. The second-order valence-corrected chi connectivity index (χ2v) is 11.6. The van der Waals surface area contributed by atoms with Gasteiger partial charge >= 0.3 is 0 Å². The topological polar surface area (TPSA) is 86.4 Å². The Morgan fingerprint density at radius 2 is 2.17 bits per heavy atom. The van der Waals surface area contributed by atoms with E-state index in [2.05, 4.69) is 11.0 Å². The van der Waals surface area contributed by atoms with Gasteiger partial charge in [-0.15, -0.1) is 0 Å². The molecule has 0 aromatic carbocycles. The summed E-state index contributed by atoms with van der Waals surface area (Å²) in [5.74, 6) is 1.69. The molecule has 1 aromatic heterocycles. The number of ether oxygens (including phenoxy) is 1. The Kier molecular flexibility index (Phi) is 4.66. The number of carbonyl (C=O) groups is 1. The number of rotatable bonds is 5. The molecule has 186 valence electrons. The standard InChI is InChI=1S/C28H34N2O5/c1-29(23(32)7-4-18-9-13-34-16-18)20-8-10-27-24-19(5-6-21(31)25(24)35-26(20)27)14-22-28(27,33)11-12-30(22)15-17-2-3-17/h4-7,9,13,16-17,19-20,22,24,26,31,33H,2-3,8,10-12,14-15H2,1H3/b7-4+/t19?,20-,22-,24?,26+,27+,28-/m1/s1.